The number of nitrogens with one attached hydrogen (secondary N) is 1. The monoisotopic (exact) mass is 510 g/mol. The Bertz CT molecular complexity index is 1220. The van der Waals surface area contributed by atoms with Crippen molar-refractivity contribution in [3.05, 3.63) is 63.0 Å². The molecule has 1 atom stereocenters. The highest BCUT2D eigenvalue weighted by Crippen LogP contribution is 2.49. The smallest absolute Gasteiger partial charge is 0.240 e. The third kappa shape index (κ3) is 5.05. The first kappa shape index (κ1) is 25.5. The summed E-state index contributed by atoms with van der Waals surface area (Å²) >= 11 is 3.27. The SMILES string of the molecule is CCCNC(=O)CN1C(=O)CSC(c2ccsc2)c2c(C(C)(C)C)nn(-c3cccc(C)c3C)c21. The van der Waals surface area contributed by atoms with Crippen molar-refractivity contribution in [2.24, 2.45) is 0 Å². The maximum atomic E-state index is 13.6. The summed E-state index contributed by atoms with van der Waals surface area (Å²) in [7, 11) is 0. The molecule has 0 saturated heterocycles. The molecule has 35 heavy (non-hydrogen) atoms. The molecule has 0 aliphatic carbocycles. The van der Waals surface area contributed by atoms with E-state index in [1.54, 1.807) is 28.0 Å². The zero-order valence-corrected chi connectivity index (χ0v) is 23.0. The molecule has 1 aliphatic heterocycles. The number of rotatable bonds is 6. The maximum Gasteiger partial charge on any atom is 0.240 e. The zero-order chi connectivity index (χ0) is 25.3. The van der Waals surface area contributed by atoms with Crippen LogP contribution in [-0.2, 0) is 15.0 Å². The van der Waals surface area contributed by atoms with Gasteiger partial charge in [-0.05, 0) is 59.9 Å². The summed E-state index contributed by atoms with van der Waals surface area (Å²) in [4.78, 5) is 28.1. The van der Waals surface area contributed by atoms with Gasteiger partial charge in [0, 0.05) is 17.5 Å². The summed E-state index contributed by atoms with van der Waals surface area (Å²) < 4.78 is 1.91. The number of anilines is 1. The second kappa shape index (κ2) is 10.2. The molecule has 0 spiro atoms. The molecule has 1 unspecified atom stereocenters. The molecule has 4 rings (SSSR count). The molecule has 0 radical (unpaired) electrons. The van der Waals surface area contributed by atoms with Gasteiger partial charge in [-0.25, -0.2) is 4.68 Å². The van der Waals surface area contributed by atoms with Gasteiger partial charge in [0.15, 0.2) is 0 Å². The second-order valence-corrected chi connectivity index (χ2v) is 11.9. The summed E-state index contributed by atoms with van der Waals surface area (Å²) in [5, 5.41) is 12.3. The summed E-state index contributed by atoms with van der Waals surface area (Å²) in [5.41, 5.74) is 6.06. The Morgan fingerprint density at radius 3 is 2.66 bits per heavy atom. The van der Waals surface area contributed by atoms with Crippen molar-refractivity contribution >= 4 is 40.7 Å². The van der Waals surface area contributed by atoms with E-state index in [9.17, 15) is 9.59 Å². The molecule has 0 fully saturated rings. The van der Waals surface area contributed by atoms with E-state index in [4.69, 9.17) is 5.10 Å². The van der Waals surface area contributed by atoms with E-state index in [1.807, 2.05) is 23.7 Å². The number of fused-ring (bicyclic) bond motifs is 1. The molecular formula is C27H34N4O2S2. The Hall–Kier alpha value is -2.58. The lowest BCUT2D eigenvalue weighted by molar-refractivity contribution is -0.122. The van der Waals surface area contributed by atoms with Crippen LogP contribution in [0.15, 0.2) is 35.0 Å². The number of hydrogen-bond acceptors (Lipinski definition) is 5. The van der Waals surface area contributed by atoms with E-state index >= 15 is 0 Å². The van der Waals surface area contributed by atoms with Gasteiger partial charge in [0.25, 0.3) is 0 Å². The molecule has 8 heteroatoms. The molecule has 2 aromatic heterocycles. The quantitative estimate of drug-likeness (QED) is 0.473. The molecule has 2 amide bonds. The van der Waals surface area contributed by atoms with Crippen LogP contribution in [0.1, 0.15) is 67.3 Å². The van der Waals surface area contributed by atoms with Crippen molar-refractivity contribution in [2.45, 2.75) is 58.6 Å². The Kier molecular flexibility index (Phi) is 7.43. The minimum absolute atomic E-state index is 0.0249. The normalized spacial score (nSPS) is 16.2. The van der Waals surface area contributed by atoms with Crippen molar-refractivity contribution in [1.29, 1.82) is 0 Å². The van der Waals surface area contributed by atoms with Crippen LogP contribution in [0.4, 0.5) is 5.82 Å². The average molecular weight is 511 g/mol. The van der Waals surface area contributed by atoms with Crippen molar-refractivity contribution in [3.63, 3.8) is 0 Å². The maximum absolute atomic E-state index is 13.6. The van der Waals surface area contributed by atoms with Crippen LogP contribution in [0.25, 0.3) is 5.69 Å². The molecule has 3 heterocycles. The number of hydrogen-bond donors (Lipinski definition) is 1. The number of carbonyl (C=O) groups excluding carboxylic acids is 2. The topological polar surface area (TPSA) is 67.2 Å². The molecule has 1 aliphatic rings. The van der Waals surface area contributed by atoms with E-state index in [-0.39, 0.29) is 29.0 Å². The predicted molar refractivity (Wildman–Crippen MR) is 146 cm³/mol. The van der Waals surface area contributed by atoms with Crippen LogP contribution in [0.2, 0.25) is 0 Å². The highest BCUT2D eigenvalue weighted by Gasteiger charge is 2.40. The van der Waals surface area contributed by atoms with Crippen molar-refractivity contribution in [3.8, 4) is 5.69 Å². The van der Waals surface area contributed by atoms with E-state index in [0.717, 1.165) is 40.1 Å². The van der Waals surface area contributed by atoms with Crippen molar-refractivity contribution in [2.75, 3.05) is 23.7 Å². The third-order valence-corrected chi connectivity index (χ3v) is 8.28. The number of carbonyl (C=O) groups is 2. The van der Waals surface area contributed by atoms with Crippen molar-refractivity contribution < 1.29 is 9.59 Å². The fourth-order valence-electron chi connectivity index (χ4n) is 4.36. The average Bonchev–Trinajstić information content (AvgIpc) is 3.44. The molecule has 6 nitrogen and oxygen atoms in total. The molecule has 3 aromatic rings. The fourth-order valence-corrected chi connectivity index (χ4v) is 6.32. The van der Waals surface area contributed by atoms with Crippen molar-refractivity contribution in [1.82, 2.24) is 15.1 Å². The first-order valence-corrected chi connectivity index (χ1v) is 14.0. The van der Waals surface area contributed by atoms with E-state index < -0.39 is 0 Å². The Morgan fingerprint density at radius 2 is 2.00 bits per heavy atom. The zero-order valence-electron chi connectivity index (χ0n) is 21.3. The molecule has 0 bridgehead atoms. The predicted octanol–water partition coefficient (Wildman–Crippen LogP) is 5.54. The Balaban J connectivity index is 2.01. The molecule has 1 N–H and O–H groups in total. The fraction of sp³-hybridized carbons (Fsp3) is 0.444. The number of thiophene rings is 1. The minimum Gasteiger partial charge on any atom is -0.355 e. The van der Waals surface area contributed by atoms with Crippen LogP contribution in [0, 0.1) is 13.8 Å². The third-order valence-electron chi connectivity index (χ3n) is 6.32. The van der Waals surface area contributed by atoms with Gasteiger partial charge in [0.2, 0.25) is 11.8 Å². The number of aromatic nitrogens is 2. The first-order valence-electron chi connectivity index (χ1n) is 12.0. The van der Waals surface area contributed by atoms with Gasteiger partial charge < -0.3 is 5.32 Å². The number of aryl methyl sites for hydroxylation is 1. The largest absolute Gasteiger partial charge is 0.355 e. The second-order valence-electron chi connectivity index (χ2n) is 10.0. The lowest BCUT2D eigenvalue weighted by Gasteiger charge is -2.24. The Morgan fingerprint density at radius 1 is 1.23 bits per heavy atom. The van der Waals surface area contributed by atoms with Gasteiger partial charge in [0.1, 0.15) is 12.4 Å². The highest BCUT2D eigenvalue weighted by atomic mass is 32.2. The summed E-state index contributed by atoms with van der Waals surface area (Å²) in [6.07, 6.45) is 0.843. The van der Waals surface area contributed by atoms with Crippen LogP contribution in [-0.4, -0.2) is 40.4 Å². The standard InChI is InChI=1S/C27H34N4O2S2/c1-7-12-28-21(32)14-30-22(33)16-35-24(19-11-13-34-15-19)23-25(27(4,5)6)29-31(26(23)30)20-10-8-9-17(2)18(20)3/h8-11,13,15,24H,7,12,14,16H2,1-6H3,(H,28,32). The summed E-state index contributed by atoms with van der Waals surface area (Å²) in [6.45, 7) is 13.2. The van der Waals surface area contributed by atoms with Gasteiger partial charge in [-0.1, -0.05) is 39.8 Å². The number of thioether (sulfide) groups is 1. The molecular weight excluding hydrogens is 476 g/mol. The lowest BCUT2D eigenvalue weighted by Crippen LogP contribution is -2.42. The van der Waals surface area contributed by atoms with E-state index in [1.165, 1.54) is 0 Å². The van der Waals surface area contributed by atoms with Crippen LogP contribution in [0.3, 0.4) is 0 Å². The van der Waals surface area contributed by atoms with E-state index in [2.05, 4.69) is 62.8 Å². The highest BCUT2D eigenvalue weighted by molar-refractivity contribution is 8.00. The molecule has 186 valence electrons. The Labute approximate surface area is 216 Å². The lowest BCUT2D eigenvalue weighted by atomic mass is 9.87. The first-order chi connectivity index (χ1) is 16.6. The van der Waals surface area contributed by atoms with Gasteiger partial charge in [-0.3, -0.25) is 14.5 Å². The summed E-state index contributed by atoms with van der Waals surface area (Å²) in [6, 6.07) is 8.27. The van der Waals surface area contributed by atoms with Crippen LogP contribution in [0.5, 0.6) is 0 Å². The van der Waals surface area contributed by atoms with Gasteiger partial charge >= 0.3 is 0 Å². The minimum atomic E-state index is -0.259. The molecule has 0 saturated carbocycles. The molecule has 1 aromatic carbocycles. The van der Waals surface area contributed by atoms with Crippen LogP contribution < -0.4 is 10.2 Å². The number of amides is 2. The van der Waals surface area contributed by atoms with Crippen LogP contribution >= 0.6 is 23.1 Å². The van der Waals surface area contributed by atoms with Gasteiger partial charge in [-0.2, -0.15) is 16.4 Å². The summed E-state index contributed by atoms with van der Waals surface area (Å²) in [5.74, 6) is 0.775. The van der Waals surface area contributed by atoms with Gasteiger partial charge in [-0.15, -0.1) is 11.8 Å². The number of benzene rings is 1. The van der Waals surface area contributed by atoms with E-state index in [0.29, 0.717) is 18.1 Å². The van der Waals surface area contributed by atoms with Gasteiger partial charge in [0.05, 0.1) is 22.4 Å². The number of nitrogens with zero attached hydrogens (tertiary/aromatic N) is 3.